The van der Waals surface area contributed by atoms with E-state index in [0.29, 0.717) is 0 Å². The van der Waals surface area contributed by atoms with E-state index in [1.807, 2.05) is 0 Å². The summed E-state index contributed by atoms with van der Waals surface area (Å²) in [6, 6.07) is -2.19. The van der Waals surface area contributed by atoms with E-state index in [1.165, 1.54) is 7.11 Å². The Labute approximate surface area is 69.9 Å². The van der Waals surface area contributed by atoms with Crippen molar-refractivity contribution in [2.45, 2.75) is 0 Å². The second-order valence-corrected chi connectivity index (χ2v) is 1.71. The minimum atomic E-state index is -1.48. The third kappa shape index (κ3) is 1.70. The molecule has 0 aliphatic heterocycles. The largest absolute Gasteiger partial charge is 0.497 e. The lowest BCUT2D eigenvalue weighted by Gasteiger charge is -1.98. The van der Waals surface area contributed by atoms with Crippen molar-refractivity contribution in [1.29, 1.82) is 0 Å². The van der Waals surface area contributed by atoms with Crippen molar-refractivity contribution in [2.24, 2.45) is 0 Å². The molecule has 1 aromatic rings. The van der Waals surface area contributed by atoms with Crippen LogP contribution in [-0.4, -0.2) is 18.2 Å². The van der Waals surface area contributed by atoms with Crippen LogP contribution >= 0.6 is 0 Å². The fourth-order valence-electron chi connectivity index (χ4n) is 0.536. The van der Waals surface area contributed by atoms with E-state index in [4.69, 9.17) is 10.6 Å². The fourth-order valence-corrected chi connectivity index (χ4v) is 0.536. The van der Waals surface area contributed by atoms with Gasteiger partial charge in [0.25, 0.3) is 0 Å². The topological polar surface area (TPSA) is 46.5 Å². The van der Waals surface area contributed by atoms with Gasteiger partial charge in [-0.1, -0.05) is 6.04 Å². The van der Waals surface area contributed by atoms with Gasteiger partial charge in [0.05, 0.1) is 18.2 Å². The number of carboxylic acids is 1. The van der Waals surface area contributed by atoms with E-state index in [-0.39, 0.29) is 5.75 Å². The van der Waals surface area contributed by atoms with Gasteiger partial charge in [-0.05, 0) is 18.1 Å². The van der Waals surface area contributed by atoms with Crippen molar-refractivity contribution in [3.63, 3.8) is 0 Å². The van der Waals surface area contributed by atoms with Crippen LogP contribution in [0.2, 0.25) is 0 Å². The molecule has 0 atom stereocenters. The van der Waals surface area contributed by atoms with E-state index in [2.05, 4.69) is 4.74 Å². The summed E-state index contributed by atoms with van der Waals surface area (Å²) in [6.07, 6.45) is 0. The van der Waals surface area contributed by atoms with Crippen LogP contribution in [-0.2, 0) is 0 Å². The molecule has 1 aromatic carbocycles. The molecule has 0 saturated heterocycles. The van der Waals surface area contributed by atoms with Crippen LogP contribution in [0.25, 0.3) is 0 Å². The Kier molecular flexibility index (Phi) is 1.04. The van der Waals surface area contributed by atoms with Crippen LogP contribution < -0.4 is 4.74 Å². The summed E-state index contributed by atoms with van der Waals surface area (Å²) in [7, 11) is 1.18. The Bertz CT molecular complexity index is 431. The van der Waals surface area contributed by atoms with Crippen molar-refractivity contribution in [3.8, 4) is 5.75 Å². The summed E-state index contributed by atoms with van der Waals surface area (Å²) >= 11 is 0. The zero-order valence-electron chi connectivity index (χ0n) is 9.76. The van der Waals surface area contributed by atoms with Gasteiger partial charge in [-0.3, -0.25) is 0 Å². The quantitative estimate of drug-likeness (QED) is 0.703. The second-order valence-electron chi connectivity index (χ2n) is 1.71. The molecule has 1 N–H and O–H groups in total. The first-order valence-electron chi connectivity index (χ1n) is 4.79. The molecule has 58 valence electrons. The number of methoxy groups -OCH3 is 1. The van der Waals surface area contributed by atoms with Gasteiger partial charge in [-0.25, -0.2) is 4.79 Å². The number of carbonyl (C=O) groups is 1. The zero-order chi connectivity index (χ0) is 11.7. The molecular weight excluding hydrogens is 144 g/mol. The lowest BCUT2D eigenvalue weighted by Crippen LogP contribution is -1.95. The third-order valence-corrected chi connectivity index (χ3v) is 1.02. The highest BCUT2D eigenvalue weighted by Gasteiger charge is 2.01. The van der Waals surface area contributed by atoms with E-state index in [0.717, 1.165) is 0 Å². The molecule has 0 aliphatic rings. The molecular formula is C8H8O3. The number of rotatable bonds is 2. The third-order valence-electron chi connectivity index (χ3n) is 1.02. The average molecular weight is 156 g/mol. The van der Waals surface area contributed by atoms with Crippen molar-refractivity contribution in [1.82, 2.24) is 0 Å². The van der Waals surface area contributed by atoms with E-state index in [1.54, 1.807) is 0 Å². The van der Waals surface area contributed by atoms with E-state index < -0.39 is 35.7 Å². The number of ether oxygens (including phenoxy) is 1. The molecule has 0 unspecified atom stereocenters. The number of hydrogen-bond donors (Lipinski definition) is 1. The minimum absolute atomic E-state index is 0.298. The molecule has 0 radical (unpaired) electrons. The SMILES string of the molecule is [2H]c1c([2H])c(OC)c([2H])c(C(=O)O)c1[2H]. The first-order valence-corrected chi connectivity index (χ1v) is 2.79. The highest BCUT2D eigenvalue weighted by Crippen LogP contribution is 2.11. The molecule has 11 heavy (non-hydrogen) atoms. The first kappa shape index (κ1) is 3.76. The van der Waals surface area contributed by atoms with Gasteiger partial charge in [0.2, 0.25) is 0 Å². The Morgan fingerprint density at radius 1 is 1.73 bits per heavy atom. The maximum absolute atomic E-state index is 10.7. The molecule has 0 aliphatic carbocycles. The highest BCUT2D eigenvalue weighted by molar-refractivity contribution is 5.87. The van der Waals surface area contributed by atoms with E-state index in [9.17, 15) is 4.79 Å². The molecule has 0 fully saturated rings. The Balaban J connectivity index is 3.68. The average Bonchev–Trinajstić information content (AvgIpc) is 2.15. The maximum Gasteiger partial charge on any atom is 0.335 e. The molecule has 1 rings (SSSR count). The second kappa shape index (κ2) is 3.05. The molecule has 3 heteroatoms. The molecule has 0 amide bonds. The van der Waals surface area contributed by atoms with Crippen molar-refractivity contribution in [3.05, 3.63) is 29.7 Å². The van der Waals surface area contributed by atoms with Crippen LogP contribution in [0.15, 0.2) is 24.2 Å². The number of aromatic carboxylic acids is 1. The van der Waals surface area contributed by atoms with Gasteiger partial charge in [-0.15, -0.1) is 0 Å². The van der Waals surface area contributed by atoms with Gasteiger partial charge >= 0.3 is 5.97 Å². The molecule has 0 saturated carbocycles. The van der Waals surface area contributed by atoms with Gasteiger partial charge in [-0.2, -0.15) is 0 Å². The smallest absolute Gasteiger partial charge is 0.335 e. The van der Waals surface area contributed by atoms with Crippen LogP contribution in [0.1, 0.15) is 15.8 Å². The molecule has 0 bridgehead atoms. The van der Waals surface area contributed by atoms with Gasteiger partial charge < -0.3 is 9.84 Å². The summed E-state index contributed by atoms with van der Waals surface area (Å²) in [5.41, 5.74) is -0.618. The minimum Gasteiger partial charge on any atom is -0.497 e. The lowest BCUT2D eigenvalue weighted by molar-refractivity contribution is 0.0696. The van der Waals surface area contributed by atoms with E-state index >= 15 is 0 Å². The maximum atomic E-state index is 10.7. The number of hydrogen-bond acceptors (Lipinski definition) is 2. The van der Waals surface area contributed by atoms with Crippen LogP contribution in [0.4, 0.5) is 0 Å². The zero-order valence-corrected chi connectivity index (χ0v) is 5.76. The predicted octanol–water partition coefficient (Wildman–Crippen LogP) is 1.39. The number of benzene rings is 1. The van der Waals surface area contributed by atoms with Crippen molar-refractivity contribution < 1.29 is 20.1 Å². The normalized spacial score (nSPS) is 14.3. The van der Waals surface area contributed by atoms with Crippen LogP contribution in [0, 0.1) is 0 Å². The Morgan fingerprint density at radius 3 is 3.00 bits per heavy atom. The standard InChI is InChI=1S/C8H8O3/c1-11-7-4-2-3-6(5-7)8(9)10/h2-5H,1H3,(H,9,10)/i2D,3D,4D,5D. The molecule has 0 spiro atoms. The van der Waals surface area contributed by atoms with Crippen LogP contribution in [0.5, 0.6) is 5.75 Å². The summed E-state index contributed by atoms with van der Waals surface area (Å²) in [5.74, 6) is -1.77. The molecule has 0 aromatic heterocycles. The predicted molar refractivity (Wildman–Crippen MR) is 40.0 cm³/mol. The fraction of sp³-hybridized carbons (Fsp3) is 0.125. The molecule has 3 nitrogen and oxygen atoms in total. The molecule has 0 heterocycles. The summed E-state index contributed by atoms with van der Waals surface area (Å²) in [5, 5.41) is 8.74. The van der Waals surface area contributed by atoms with Crippen molar-refractivity contribution >= 4 is 5.97 Å². The highest BCUT2D eigenvalue weighted by atomic mass is 16.5. The monoisotopic (exact) mass is 156 g/mol. The summed E-state index contributed by atoms with van der Waals surface area (Å²) < 4.78 is 34.1. The van der Waals surface area contributed by atoms with Gasteiger partial charge in [0.1, 0.15) is 5.75 Å². The number of carboxylic acid groups (broad SMARTS) is 1. The lowest BCUT2D eigenvalue weighted by atomic mass is 10.2. The Hall–Kier alpha value is -1.51. The first-order chi connectivity index (χ1) is 6.91. The van der Waals surface area contributed by atoms with Crippen molar-refractivity contribution in [2.75, 3.05) is 7.11 Å². The van der Waals surface area contributed by atoms with Crippen LogP contribution in [0.3, 0.4) is 0 Å². The van der Waals surface area contributed by atoms with Gasteiger partial charge in [0, 0.05) is 0 Å². The Morgan fingerprint density at radius 2 is 2.45 bits per heavy atom. The summed E-state index contributed by atoms with van der Waals surface area (Å²) in [4.78, 5) is 10.7. The van der Waals surface area contributed by atoms with Gasteiger partial charge in [0.15, 0.2) is 0 Å². The summed E-state index contributed by atoms with van der Waals surface area (Å²) in [6.45, 7) is 0.